The van der Waals surface area contributed by atoms with E-state index in [9.17, 15) is 9.59 Å². The van der Waals surface area contributed by atoms with Crippen LogP contribution in [0.4, 0.5) is 11.4 Å². The van der Waals surface area contributed by atoms with E-state index in [1.54, 1.807) is 6.26 Å². The van der Waals surface area contributed by atoms with E-state index in [1.807, 2.05) is 48.5 Å². The van der Waals surface area contributed by atoms with Crippen LogP contribution in [-0.2, 0) is 14.3 Å². The van der Waals surface area contributed by atoms with Crippen molar-refractivity contribution in [2.24, 2.45) is 11.8 Å². The van der Waals surface area contributed by atoms with Crippen LogP contribution in [0.25, 0.3) is 0 Å². The summed E-state index contributed by atoms with van der Waals surface area (Å²) in [5.41, 5.74) is 4.77. The minimum absolute atomic E-state index is 0.0239. The number of anilines is 2. The van der Waals surface area contributed by atoms with Crippen LogP contribution in [0, 0.1) is 11.8 Å². The van der Waals surface area contributed by atoms with Gasteiger partial charge in [-0.2, -0.15) is 0 Å². The number of para-hydroxylation sites is 2. The fraction of sp³-hybridized carbons (Fsp3) is 0.379. The Bertz CT molecular complexity index is 1270. The first-order valence-electron chi connectivity index (χ1n) is 12.5. The highest BCUT2D eigenvalue weighted by atomic mass is 35.5. The Morgan fingerprint density at radius 1 is 0.971 bits per heavy atom. The summed E-state index contributed by atoms with van der Waals surface area (Å²) < 4.78 is 6.12. The molecule has 0 radical (unpaired) electrons. The van der Waals surface area contributed by atoms with E-state index in [4.69, 9.17) is 16.3 Å². The van der Waals surface area contributed by atoms with Gasteiger partial charge in [-0.1, -0.05) is 48.9 Å². The van der Waals surface area contributed by atoms with Crippen LogP contribution in [0.1, 0.15) is 50.5 Å². The molecule has 5 unspecified atom stereocenters. The molecule has 2 N–H and O–H groups in total. The van der Waals surface area contributed by atoms with Crippen molar-refractivity contribution in [2.75, 3.05) is 10.6 Å². The third-order valence-corrected chi connectivity index (χ3v) is 8.35. The highest BCUT2D eigenvalue weighted by Gasteiger charge is 2.45. The number of allylic oxidation sites excluding steroid dienone is 1. The molecule has 2 heterocycles. The van der Waals surface area contributed by atoms with Gasteiger partial charge in [-0.3, -0.25) is 9.59 Å². The van der Waals surface area contributed by atoms with Crippen molar-refractivity contribution in [1.82, 2.24) is 0 Å². The second kappa shape index (κ2) is 8.87. The van der Waals surface area contributed by atoms with Crippen molar-refractivity contribution >= 4 is 34.5 Å². The van der Waals surface area contributed by atoms with E-state index in [1.165, 1.54) is 0 Å². The number of ketones is 2. The SMILES string of the molecule is CC1CCC2OC=C(C3Nc4ccccc4NC4=C3C(=O)CC(c3ccccc3Cl)C4)C(=O)C2C1. The molecule has 0 amide bonds. The van der Waals surface area contributed by atoms with E-state index >= 15 is 0 Å². The van der Waals surface area contributed by atoms with E-state index in [0.717, 1.165) is 41.9 Å². The van der Waals surface area contributed by atoms with Crippen molar-refractivity contribution in [1.29, 1.82) is 0 Å². The van der Waals surface area contributed by atoms with E-state index in [0.29, 0.717) is 34.9 Å². The molecule has 180 valence electrons. The number of benzene rings is 2. The molecule has 1 saturated carbocycles. The summed E-state index contributed by atoms with van der Waals surface area (Å²) in [5, 5.41) is 7.73. The van der Waals surface area contributed by atoms with Crippen LogP contribution in [0.3, 0.4) is 0 Å². The number of fused-ring (bicyclic) bond motifs is 2. The molecule has 35 heavy (non-hydrogen) atoms. The van der Waals surface area contributed by atoms with Crippen molar-refractivity contribution in [3.8, 4) is 0 Å². The summed E-state index contributed by atoms with van der Waals surface area (Å²) in [4.78, 5) is 27.5. The molecular weight excluding hydrogens is 460 g/mol. The predicted octanol–water partition coefficient (Wildman–Crippen LogP) is 6.23. The fourth-order valence-electron chi connectivity index (χ4n) is 6.19. The Hall–Kier alpha value is -3.05. The molecule has 0 bridgehead atoms. The lowest BCUT2D eigenvalue weighted by Crippen LogP contribution is -2.44. The second-order valence-electron chi connectivity index (χ2n) is 10.3. The monoisotopic (exact) mass is 488 g/mol. The number of ether oxygens (including phenoxy) is 1. The van der Waals surface area contributed by atoms with Gasteiger partial charge >= 0.3 is 0 Å². The third-order valence-electron chi connectivity index (χ3n) is 8.01. The lowest BCUT2D eigenvalue weighted by atomic mass is 9.72. The molecule has 2 aliphatic heterocycles. The van der Waals surface area contributed by atoms with E-state index < -0.39 is 6.04 Å². The van der Waals surface area contributed by atoms with Crippen LogP contribution < -0.4 is 10.6 Å². The van der Waals surface area contributed by atoms with Gasteiger partial charge in [-0.05, 0) is 61.3 Å². The maximum Gasteiger partial charge on any atom is 0.171 e. The smallest absolute Gasteiger partial charge is 0.171 e. The lowest BCUT2D eigenvalue weighted by Gasteiger charge is -2.39. The fourth-order valence-corrected chi connectivity index (χ4v) is 6.48. The Labute approximate surface area is 210 Å². The van der Waals surface area contributed by atoms with Gasteiger partial charge in [0.1, 0.15) is 6.10 Å². The molecule has 0 saturated heterocycles. The first kappa shape index (κ1) is 22.4. The van der Waals surface area contributed by atoms with Crippen molar-refractivity contribution in [3.05, 3.63) is 82.2 Å². The summed E-state index contributed by atoms with van der Waals surface area (Å²) in [7, 11) is 0. The highest BCUT2D eigenvalue weighted by Crippen LogP contribution is 2.44. The lowest BCUT2D eigenvalue weighted by molar-refractivity contribution is -0.128. The number of hydrogen-bond acceptors (Lipinski definition) is 5. The molecule has 4 aliphatic rings. The number of carbonyl (C=O) groups excluding carboxylic acids is 2. The summed E-state index contributed by atoms with van der Waals surface area (Å²) in [6.07, 6.45) is 5.37. The normalized spacial score (nSPS) is 30.0. The van der Waals surface area contributed by atoms with Gasteiger partial charge in [0, 0.05) is 22.7 Å². The van der Waals surface area contributed by atoms with Gasteiger partial charge in [0.15, 0.2) is 11.6 Å². The minimum Gasteiger partial charge on any atom is -0.497 e. The Morgan fingerprint density at radius 3 is 2.57 bits per heavy atom. The summed E-state index contributed by atoms with van der Waals surface area (Å²) in [6.45, 7) is 2.20. The molecule has 0 aromatic heterocycles. The Kier molecular flexibility index (Phi) is 5.68. The molecule has 5 nitrogen and oxygen atoms in total. The zero-order chi connectivity index (χ0) is 24.1. The van der Waals surface area contributed by atoms with Gasteiger partial charge < -0.3 is 15.4 Å². The summed E-state index contributed by atoms with van der Waals surface area (Å²) in [5.74, 6) is 0.462. The van der Waals surface area contributed by atoms with Crippen LogP contribution in [0.15, 0.2) is 71.6 Å². The zero-order valence-electron chi connectivity index (χ0n) is 19.7. The zero-order valence-corrected chi connectivity index (χ0v) is 20.5. The van der Waals surface area contributed by atoms with E-state index in [-0.39, 0.29) is 29.5 Å². The average Bonchev–Trinajstić information content (AvgIpc) is 3.02. The molecule has 2 aromatic carbocycles. The number of carbonyl (C=O) groups is 2. The van der Waals surface area contributed by atoms with Crippen LogP contribution in [0.5, 0.6) is 0 Å². The van der Waals surface area contributed by atoms with Crippen LogP contribution in [0.2, 0.25) is 5.02 Å². The second-order valence-corrected chi connectivity index (χ2v) is 10.7. The Morgan fingerprint density at radius 2 is 1.74 bits per heavy atom. The highest BCUT2D eigenvalue weighted by molar-refractivity contribution is 6.31. The van der Waals surface area contributed by atoms with Gasteiger partial charge in [-0.15, -0.1) is 0 Å². The van der Waals surface area contributed by atoms with Gasteiger partial charge in [0.25, 0.3) is 0 Å². The van der Waals surface area contributed by atoms with Gasteiger partial charge in [0.2, 0.25) is 0 Å². The predicted molar refractivity (Wildman–Crippen MR) is 137 cm³/mol. The van der Waals surface area contributed by atoms with Crippen LogP contribution >= 0.6 is 11.6 Å². The average molecular weight is 489 g/mol. The third kappa shape index (κ3) is 3.96. The van der Waals surface area contributed by atoms with Crippen molar-refractivity contribution < 1.29 is 14.3 Å². The quantitative estimate of drug-likeness (QED) is 0.524. The molecule has 2 aromatic rings. The largest absolute Gasteiger partial charge is 0.497 e. The van der Waals surface area contributed by atoms with Gasteiger partial charge in [-0.25, -0.2) is 0 Å². The number of nitrogens with one attached hydrogen (secondary N) is 2. The molecule has 6 rings (SSSR count). The number of rotatable bonds is 2. The standard InChI is InChI=1S/C29H29ClN2O3/c1-16-10-11-26-19(12-16)29(34)20(15-35-26)28-27-24(31-22-8-4-5-9-23(22)32-28)13-17(14-25(27)33)18-6-2-3-7-21(18)30/h2-9,15-17,19,26,28,31-32H,10-14H2,1H3. The maximum atomic E-state index is 13.8. The summed E-state index contributed by atoms with van der Waals surface area (Å²) in [6, 6.07) is 15.1. The minimum atomic E-state index is -0.550. The number of Topliss-reactive ketones (excluding diaryl/α,β-unsaturated/α-hetero) is 2. The number of halogens is 1. The maximum absolute atomic E-state index is 13.8. The summed E-state index contributed by atoms with van der Waals surface area (Å²) >= 11 is 6.51. The molecule has 6 heteroatoms. The van der Waals surface area contributed by atoms with Gasteiger partial charge in [0.05, 0.1) is 35.2 Å². The topological polar surface area (TPSA) is 67.4 Å². The Balaban J connectivity index is 1.42. The molecule has 5 atom stereocenters. The number of hydrogen-bond donors (Lipinski definition) is 2. The van der Waals surface area contributed by atoms with E-state index in [2.05, 4.69) is 17.6 Å². The van der Waals surface area contributed by atoms with Crippen molar-refractivity contribution in [3.63, 3.8) is 0 Å². The molecular formula is C29H29ClN2O3. The first-order chi connectivity index (χ1) is 17.0. The molecule has 1 fully saturated rings. The molecule has 2 aliphatic carbocycles. The van der Waals surface area contributed by atoms with Crippen molar-refractivity contribution in [2.45, 2.75) is 57.1 Å². The first-order valence-corrected chi connectivity index (χ1v) is 12.9. The van der Waals surface area contributed by atoms with Crippen LogP contribution in [-0.4, -0.2) is 23.7 Å². The molecule has 0 spiro atoms.